The van der Waals surface area contributed by atoms with E-state index in [1.54, 1.807) is 24.3 Å². The molecule has 1 amide bonds. The number of ether oxygens (including phenoxy) is 1. The summed E-state index contributed by atoms with van der Waals surface area (Å²) in [5.74, 6) is -0.662. The van der Waals surface area contributed by atoms with Crippen molar-refractivity contribution in [2.75, 3.05) is 13.2 Å². The van der Waals surface area contributed by atoms with Crippen molar-refractivity contribution >= 4 is 11.9 Å². The van der Waals surface area contributed by atoms with Gasteiger partial charge in [0.25, 0.3) is 5.91 Å². The molecule has 1 rings (SSSR count). The average Bonchev–Trinajstić information content (AvgIpc) is 2.27. The van der Waals surface area contributed by atoms with Gasteiger partial charge in [-0.3, -0.25) is 9.59 Å². The monoisotopic (exact) mass is 223 g/mol. The van der Waals surface area contributed by atoms with Crippen molar-refractivity contribution in [2.24, 2.45) is 0 Å². The quantitative estimate of drug-likeness (QED) is 0.742. The van der Waals surface area contributed by atoms with Crippen LogP contribution in [0, 0.1) is 0 Å². The summed E-state index contributed by atoms with van der Waals surface area (Å²) in [6, 6.07) is 8.93. The second-order valence-electron chi connectivity index (χ2n) is 3.10. The number of nitrogens with one attached hydrogen (secondary N) is 1. The first-order valence-electron chi connectivity index (χ1n) is 4.85. The number of carbonyl (C=O) groups excluding carboxylic acids is 1. The van der Waals surface area contributed by atoms with Crippen molar-refractivity contribution in [3.05, 3.63) is 30.3 Å². The standard InChI is InChI=1S/C11H13NO4/c13-10(12-7-6-11(14)15)8-16-9-4-2-1-3-5-9/h1-5H,6-8H2,(H,12,13)(H,14,15). The first-order valence-corrected chi connectivity index (χ1v) is 4.85. The number of amides is 1. The van der Waals surface area contributed by atoms with Gasteiger partial charge in [-0.05, 0) is 12.1 Å². The maximum absolute atomic E-state index is 11.2. The van der Waals surface area contributed by atoms with Crippen LogP contribution in [0.15, 0.2) is 30.3 Å². The van der Waals surface area contributed by atoms with E-state index >= 15 is 0 Å². The Bertz CT molecular complexity index is 350. The molecule has 0 atom stereocenters. The number of aliphatic carboxylic acids is 1. The van der Waals surface area contributed by atoms with Crippen molar-refractivity contribution in [1.29, 1.82) is 0 Å². The molecule has 0 spiro atoms. The minimum absolute atomic E-state index is 0.0862. The second-order valence-corrected chi connectivity index (χ2v) is 3.10. The lowest BCUT2D eigenvalue weighted by atomic mass is 10.3. The summed E-state index contributed by atoms with van der Waals surface area (Å²) in [5.41, 5.74) is 0. The highest BCUT2D eigenvalue weighted by Gasteiger charge is 2.03. The number of hydrogen-bond donors (Lipinski definition) is 2. The summed E-state index contributed by atoms with van der Waals surface area (Å²) in [6.07, 6.45) is -0.0862. The number of rotatable bonds is 6. The molecule has 0 heterocycles. The van der Waals surface area contributed by atoms with Gasteiger partial charge >= 0.3 is 5.97 Å². The summed E-state index contributed by atoms with van der Waals surface area (Å²) >= 11 is 0. The molecule has 1 aromatic carbocycles. The zero-order valence-electron chi connectivity index (χ0n) is 8.68. The minimum Gasteiger partial charge on any atom is -0.484 e. The molecule has 16 heavy (non-hydrogen) atoms. The topological polar surface area (TPSA) is 75.6 Å². The molecular weight excluding hydrogens is 210 g/mol. The Labute approximate surface area is 93.0 Å². The van der Waals surface area contributed by atoms with Crippen LogP contribution in [-0.4, -0.2) is 30.1 Å². The Morgan fingerprint density at radius 2 is 1.94 bits per heavy atom. The normalized spacial score (nSPS) is 9.50. The third-order valence-corrected chi connectivity index (χ3v) is 1.77. The van der Waals surface area contributed by atoms with Gasteiger partial charge in [-0.2, -0.15) is 0 Å². The molecule has 0 radical (unpaired) electrons. The lowest BCUT2D eigenvalue weighted by Crippen LogP contribution is -2.30. The Hall–Kier alpha value is -2.04. The first kappa shape index (κ1) is 12.0. The maximum atomic E-state index is 11.2. The van der Waals surface area contributed by atoms with E-state index in [1.165, 1.54) is 0 Å². The largest absolute Gasteiger partial charge is 0.484 e. The van der Waals surface area contributed by atoms with Gasteiger partial charge in [0.15, 0.2) is 6.61 Å². The van der Waals surface area contributed by atoms with Gasteiger partial charge in [-0.25, -0.2) is 0 Å². The number of benzene rings is 1. The molecule has 0 unspecified atom stereocenters. The fourth-order valence-electron chi connectivity index (χ4n) is 1.03. The molecule has 0 saturated carbocycles. The van der Waals surface area contributed by atoms with Crippen molar-refractivity contribution in [3.8, 4) is 5.75 Å². The maximum Gasteiger partial charge on any atom is 0.305 e. The van der Waals surface area contributed by atoms with E-state index in [4.69, 9.17) is 9.84 Å². The number of carboxylic acids is 1. The van der Waals surface area contributed by atoms with Gasteiger partial charge in [-0.15, -0.1) is 0 Å². The summed E-state index contributed by atoms with van der Waals surface area (Å²) in [7, 11) is 0. The molecular formula is C11H13NO4. The Kier molecular flexibility index (Phi) is 4.85. The summed E-state index contributed by atoms with van der Waals surface area (Å²) < 4.78 is 5.17. The van der Waals surface area contributed by atoms with Gasteiger partial charge in [0.2, 0.25) is 0 Å². The van der Waals surface area contributed by atoms with Crippen LogP contribution in [0.3, 0.4) is 0 Å². The molecule has 0 aliphatic carbocycles. The first-order chi connectivity index (χ1) is 7.68. The molecule has 5 nitrogen and oxygen atoms in total. The second kappa shape index (κ2) is 6.44. The predicted molar refractivity (Wildman–Crippen MR) is 57.2 cm³/mol. The SMILES string of the molecule is O=C(O)CCNC(=O)COc1ccccc1. The fourth-order valence-corrected chi connectivity index (χ4v) is 1.03. The number of carbonyl (C=O) groups is 2. The number of para-hydroxylation sites is 1. The lowest BCUT2D eigenvalue weighted by molar-refractivity contribution is -0.137. The van der Waals surface area contributed by atoms with E-state index in [0.717, 1.165) is 0 Å². The van der Waals surface area contributed by atoms with Crippen LogP contribution in [0.25, 0.3) is 0 Å². The van der Waals surface area contributed by atoms with Crippen LogP contribution in [0.5, 0.6) is 5.75 Å². The molecule has 5 heteroatoms. The van der Waals surface area contributed by atoms with Crippen molar-refractivity contribution in [2.45, 2.75) is 6.42 Å². The van der Waals surface area contributed by atoms with Crippen LogP contribution in [0.4, 0.5) is 0 Å². The number of carboxylic acid groups (broad SMARTS) is 1. The summed E-state index contributed by atoms with van der Waals surface area (Å²) in [6.45, 7) is 0.00987. The van der Waals surface area contributed by atoms with E-state index in [-0.39, 0.29) is 25.5 Å². The van der Waals surface area contributed by atoms with E-state index < -0.39 is 5.97 Å². The van der Waals surface area contributed by atoms with Crippen molar-refractivity contribution < 1.29 is 19.4 Å². The molecule has 1 aromatic rings. The fraction of sp³-hybridized carbons (Fsp3) is 0.273. The van der Waals surface area contributed by atoms with Crippen LogP contribution < -0.4 is 10.1 Å². The Morgan fingerprint density at radius 1 is 1.25 bits per heavy atom. The van der Waals surface area contributed by atoms with Crippen LogP contribution in [-0.2, 0) is 9.59 Å². The smallest absolute Gasteiger partial charge is 0.305 e. The van der Waals surface area contributed by atoms with Crippen molar-refractivity contribution in [1.82, 2.24) is 5.32 Å². The molecule has 86 valence electrons. The summed E-state index contributed by atoms with van der Waals surface area (Å²) in [5, 5.41) is 10.8. The molecule has 0 bridgehead atoms. The third-order valence-electron chi connectivity index (χ3n) is 1.77. The van der Waals surface area contributed by atoms with Crippen molar-refractivity contribution in [3.63, 3.8) is 0 Å². The van der Waals surface area contributed by atoms with Crippen LogP contribution >= 0.6 is 0 Å². The van der Waals surface area contributed by atoms with Gasteiger partial charge in [0.1, 0.15) is 5.75 Å². The molecule has 0 aliphatic rings. The minimum atomic E-state index is -0.940. The highest BCUT2D eigenvalue weighted by Crippen LogP contribution is 2.07. The van der Waals surface area contributed by atoms with E-state index in [2.05, 4.69) is 5.32 Å². The zero-order valence-corrected chi connectivity index (χ0v) is 8.68. The average molecular weight is 223 g/mol. The summed E-state index contributed by atoms with van der Waals surface area (Å²) in [4.78, 5) is 21.3. The zero-order chi connectivity index (χ0) is 11.8. The van der Waals surface area contributed by atoms with Crippen LogP contribution in [0.2, 0.25) is 0 Å². The van der Waals surface area contributed by atoms with E-state index in [9.17, 15) is 9.59 Å². The molecule has 0 aliphatic heterocycles. The number of hydrogen-bond acceptors (Lipinski definition) is 3. The van der Waals surface area contributed by atoms with E-state index in [1.807, 2.05) is 6.07 Å². The Morgan fingerprint density at radius 3 is 2.56 bits per heavy atom. The predicted octanol–water partition coefficient (Wildman–Crippen LogP) is 0.656. The molecule has 0 fully saturated rings. The highest BCUT2D eigenvalue weighted by atomic mass is 16.5. The van der Waals surface area contributed by atoms with Gasteiger partial charge in [0.05, 0.1) is 6.42 Å². The molecule has 0 saturated heterocycles. The lowest BCUT2D eigenvalue weighted by Gasteiger charge is -2.06. The van der Waals surface area contributed by atoms with E-state index in [0.29, 0.717) is 5.75 Å². The molecule has 2 N–H and O–H groups in total. The Balaban J connectivity index is 2.18. The molecule has 0 aromatic heterocycles. The third kappa shape index (κ3) is 4.99. The highest BCUT2D eigenvalue weighted by molar-refractivity contribution is 5.78. The van der Waals surface area contributed by atoms with Crippen LogP contribution in [0.1, 0.15) is 6.42 Å². The van der Waals surface area contributed by atoms with Gasteiger partial charge in [0, 0.05) is 6.54 Å². The van der Waals surface area contributed by atoms with Gasteiger partial charge < -0.3 is 15.2 Å². The van der Waals surface area contributed by atoms with Gasteiger partial charge in [-0.1, -0.05) is 18.2 Å².